The van der Waals surface area contributed by atoms with Gasteiger partial charge in [0.15, 0.2) is 11.6 Å². The topological polar surface area (TPSA) is 57.6 Å². The molecule has 0 saturated carbocycles. The molecule has 0 bridgehead atoms. The van der Waals surface area contributed by atoms with E-state index in [0.29, 0.717) is 19.4 Å². The van der Waals surface area contributed by atoms with E-state index in [9.17, 15) is 17.2 Å². The van der Waals surface area contributed by atoms with Crippen molar-refractivity contribution >= 4 is 10.0 Å². The smallest absolute Gasteiger partial charge is 0.246 e. The summed E-state index contributed by atoms with van der Waals surface area (Å²) in [7, 11) is -4.09. The highest BCUT2D eigenvalue weighted by Crippen LogP contribution is 2.28. The van der Waals surface area contributed by atoms with Crippen LogP contribution in [0.5, 0.6) is 0 Å². The zero-order valence-corrected chi connectivity index (χ0v) is 12.0. The van der Waals surface area contributed by atoms with Gasteiger partial charge in [-0.05, 0) is 37.5 Å². The maximum Gasteiger partial charge on any atom is 0.246 e. The van der Waals surface area contributed by atoms with Gasteiger partial charge in [0, 0.05) is 12.6 Å². The van der Waals surface area contributed by atoms with Crippen LogP contribution < -0.4 is 0 Å². The van der Waals surface area contributed by atoms with Crippen LogP contribution in [0.1, 0.15) is 31.7 Å². The van der Waals surface area contributed by atoms with Gasteiger partial charge in [0.25, 0.3) is 0 Å². The van der Waals surface area contributed by atoms with Crippen LogP contribution in [-0.4, -0.2) is 30.4 Å². The van der Waals surface area contributed by atoms with Crippen molar-refractivity contribution in [2.75, 3.05) is 6.54 Å². The Labute approximate surface area is 117 Å². The monoisotopic (exact) mass is 305 g/mol. The molecule has 1 heterocycles. The summed E-state index contributed by atoms with van der Waals surface area (Å²) in [5.74, 6) is -2.65. The lowest BCUT2D eigenvalue weighted by Crippen LogP contribution is -2.42. The van der Waals surface area contributed by atoms with E-state index in [0.717, 1.165) is 18.6 Å². The minimum absolute atomic E-state index is 0.0344. The Hall–Kier alpha value is -1.05. The van der Waals surface area contributed by atoms with Gasteiger partial charge < -0.3 is 5.11 Å². The number of aliphatic hydroxyl groups excluding tert-OH is 1. The van der Waals surface area contributed by atoms with Gasteiger partial charge in [0.2, 0.25) is 10.0 Å². The molecular weight excluding hydrogens is 288 g/mol. The summed E-state index contributed by atoms with van der Waals surface area (Å²) in [5.41, 5.74) is 0.0344. The summed E-state index contributed by atoms with van der Waals surface area (Å²) in [6.07, 6.45) is 2.32. The van der Waals surface area contributed by atoms with Gasteiger partial charge >= 0.3 is 0 Å². The number of benzene rings is 1. The van der Waals surface area contributed by atoms with Gasteiger partial charge in [-0.15, -0.1) is 0 Å². The molecule has 0 spiro atoms. The highest BCUT2D eigenvalue weighted by atomic mass is 32.2. The summed E-state index contributed by atoms with van der Waals surface area (Å²) in [5, 5.41) is 9.01. The molecule has 1 aromatic carbocycles. The third-order valence-electron chi connectivity index (χ3n) is 3.57. The van der Waals surface area contributed by atoms with Crippen LogP contribution in [0, 0.1) is 11.6 Å². The molecule has 2 rings (SSSR count). The first kappa shape index (κ1) is 15.3. The molecule has 1 unspecified atom stereocenters. The first-order chi connectivity index (χ1) is 9.37. The highest BCUT2D eigenvalue weighted by Gasteiger charge is 2.34. The molecule has 1 aliphatic rings. The number of sulfonamides is 1. The maximum atomic E-state index is 13.8. The molecule has 4 nitrogen and oxygen atoms in total. The fourth-order valence-electron chi connectivity index (χ4n) is 2.45. The number of rotatable bonds is 3. The minimum Gasteiger partial charge on any atom is -0.392 e. The lowest BCUT2D eigenvalue weighted by Gasteiger charge is -2.32. The van der Waals surface area contributed by atoms with E-state index in [4.69, 9.17) is 5.11 Å². The average molecular weight is 305 g/mol. The fourth-order valence-corrected chi connectivity index (χ4v) is 4.28. The summed E-state index contributed by atoms with van der Waals surface area (Å²) < 4.78 is 53.4. The van der Waals surface area contributed by atoms with E-state index in [1.807, 2.05) is 0 Å². The Kier molecular flexibility index (Phi) is 4.41. The van der Waals surface area contributed by atoms with Gasteiger partial charge in [-0.3, -0.25) is 0 Å². The van der Waals surface area contributed by atoms with E-state index in [1.54, 1.807) is 6.92 Å². The Morgan fingerprint density at radius 3 is 2.65 bits per heavy atom. The SMILES string of the molecule is CC1CCCCN1S(=O)(=O)c1cc(CO)cc(F)c1F. The first-order valence-corrected chi connectivity index (χ1v) is 7.92. The Bertz CT molecular complexity index is 604. The van der Waals surface area contributed by atoms with Crippen molar-refractivity contribution in [2.45, 2.75) is 43.7 Å². The molecule has 1 aliphatic heterocycles. The molecule has 1 aromatic rings. The number of halogens is 2. The predicted octanol–water partition coefficient (Wildman–Crippen LogP) is 2.02. The molecule has 1 saturated heterocycles. The molecule has 1 atom stereocenters. The normalized spacial score (nSPS) is 21.1. The Morgan fingerprint density at radius 1 is 1.35 bits per heavy atom. The fraction of sp³-hybridized carbons (Fsp3) is 0.538. The van der Waals surface area contributed by atoms with Crippen LogP contribution in [0.4, 0.5) is 8.78 Å². The van der Waals surface area contributed by atoms with Crippen LogP contribution in [0.3, 0.4) is 0 Å². The lowest BCUT2D eigenvalue weighted by atomic mass is 10.1. The molecule has 0 amide bonds. The van der Waals surface area contributed by atoms with Crippen LogP contribution in [-0.2, 0) is 16.6 Å². The van der Waals surface area contributed by atoms with Gasteiger partial charge in [-0.25, -0.2) is 17.2 Å². The highest BCUT2D eigenvalue weighted by molar-refractivity contribution is 7.89. The van der Waals surface area contributed by atoms with Crippen molar-refractivity contribution in [3.8, 4) is 0 Å². The molecule has 0 aliphatic carbocycles. The van der Waals surface area contributed by atoms with E-state index < -0.39 is 33.2 Å². The van der Waals surface area contributed by atoms with Gasteiger partial charge in [-0.1, -0.05) is 6.42 Å². The Balaban J connectivity index is 2.51. The summed E-state index contributed by atoms with van der Waals surface area (Å²) in [6.45, 7) is 1.50. The maximum absolute atomic E-state index is 13.8. The van der Waals surface area contributed by atoms with E-state index in [1.165, 1.54) is 4.31 Å². The van der Waals surface area contributed by atoms with Crippen molar-refractivity contribution in [3.63, 3.8) is 0 Å². The molecule has 112 valence electrons. The minimum atomic E-state index is -4.09. The molecule has 1 fully saturated rings. The standard InChI is InChI=1S/C13H17F2NO3S/c1-9-4-2-3-5-16(9)20(18,19)12-7-10(8-17)6-11(14)13(12)15/h6-7,9,17H,2-5,8H2,1H3. The molecule has 0 aromatic heterocycles. The van der Waals surface area contributed by atoms with Crippen molar-refractivity contribution in [2.24, 2.45) is 0 Å². The van der Waals surface area contributed by atoms with Crippen molar-refractivity contribution in [3.05, 3.63) is 29.3 Å². The summed E-state index contributed by atoms with van der Waals surface area (Å²) in [6, 6.07) is 1.55. The summed E-state index contributed by atoms with van der Waals surface area (Å²) in [4.78, 5) is -0.699. The average Bonchev–Trinajstić information content (AvgIpc) is 2.41. The predicted molar refractivity (Wildman–Crippen MR) is 69.5 cm³/mol. The Morgan fingerprint density at radius 2 is 2.05 bits per heavy atom. The second-order valence-electron chi connectivity index (χ2n) is 5.01. The van der Waals surface area contributed by atoms with Crippen LogP contribution in [0.15, 0.2) is 17.0 Å². The first-order valence-electron chi connectivity index (χ1n) is 6.48. The van der Waals surface area contributed by atoms with Crippen LogP contribution >= 0.6 is 0 Å². The summed E-state index contributed by atoms with van der Waals surface area (Å²) >= 11 is 0. The van der Waals surface area contributed by atoms with E-state index >= 15 is 0 Å². The number of hydrogen-bond donors (Lipinski definition) is 1. The van der Waals surface area contributed by atoms with Gasteiger partial charge in [0.1, 0.15) is 4.90 Å². The lowest BCUT2D eigenvalue weighted by molar-refractivity contribution is 0.266. The number of hydrogen-bond acceptors (Lipinski definition) is 3. The molecule has 7 heteroatoms. The van der Waals surface area contributed by atoms with Gasteiger partial charge in [-0.2, -0.15) is 4.31 Å². The second-order valence-corrected chi connectivity index (χ2v) is 6.87. The number of piperidine rings is 1. The molecule has 1 N–H and O–H groups in total. The third-order valence-corrected chi connectivity index (χ3v) is 5.58. The zero-order chi connectivity index (χ0) is 14.9. The van der Waals surface area contributed by atoms with Crippen molar-refractivity contribution in [1.29, 1.82) is 0 Å². The third kappa shape index (κ3) is 2.70. The van der Waals surface area contributed by atoms with Crippen molar-refractivity contribution < 1.29 is 22.3 Å². The van der Waals surface area contributed by atoms with Crippen LogP contribution in [0.2, 0.25) is 0 Å². The van der Waals surface area contributed by atoms with Crippen LogP contribution in [0.25, 0.3) is 0 Å². The zero-order valence-electron chi connectivity index (χ0n) is 11.1. The van der Waals surface area contributed by atoms with Crippen molar-refractivity contribution in [1.82, 2.24) is 4.31 Å². The van der Waals surface area contributed by atoms with Gasteiger partial charge in [0.05, 0.1) is 6.61 Å². The molecular formula is C13H17F2NO3S. The van der Waals surface area contributed by atoms with E-state index in [-0.39, 0.29) is 11.6 Å². The number of nitrogens with zero attached hydrogens (tertiary/aromatic N) is 1. The quantitative estimate of drug-likeness (QED) is 0.929. The largest absolute Gasteiger partial charge is 0.392 e. The van der Waals surface area contributed by atoms with E-state index in [2.05, 4.69) is 0 Å². The number of aliphatic hydroxyl groups is 1. The molecule has 20 heavy (non-hydrogen) atoms. The molecule has 0 radical (unpaired) electrons. The second kappa shape index (κ2) is 5.75.